The van der Waals surface area contributed by atoms with Gasteiger partial charge in [0.1, 0.15) is 5.03 Å². The van der Waals surface area contributed by atoms with Gasteiger partial charge >= 0.3 is 0 Å². The molecule has 0 aliphatic heterocycles. The molecule has 0 radical (unpaired) electrons. The highest BCUT2D eigenvalue weighted by molar-refractivity contribution is 7.99. The Kier molecular flexibility index (Phi) is 4.02. The number of carbonyl (C=O) groups is 1. The standard InChI is InChI=1S/C16H16N2OS/c19-15(18-11-12-8-9-12)14-7-4-10-17-16(14)20-13-5-2-1-3-6-13/h1-7,10,12H,8-9,11H2,(H,18,19). The Labute approximate surface area is 122 Å². The van der Waals surface area contributed by atoms with Crippen LogP contribution < -0.4 is 5.32 Å². The number of hydrogen-bond donors (Lipinski definition) is 1. The van der Waals surface area contributed by atoms with Crippen molar-refractivity contribution in [2.24, 2.45) is 5.92 Å². The second kappa shape index (κ2) is 6.09. The van der Waals surface area contributed by atoms with Crippen LogP contribution in [0.15, 0.2) is 58.6 Å². The van der Waals surface area contributed by atoms with Crippen LogP contribution in [0.1, 0.15) is 23.2 Å². The fourth-order valence-electron chi connectivity index (χ4n) is 1.90. The van der Waals surface area contributed by atoms with E-state index in [4.69, 9.17) is 0 Å². The molecule has 4 heteroatoms. The lowest BCUT2D eigenvalue weighted by Gasteiger charge is -2.08. The van der Waals surface area contributed by atoms with E-state index in [1.54, 1.807) is 12.3 Å². The Balaban J connectivity index is 1.74. The van der Waals surface area contributed by atoms with E-state index in [9.17, 15) is 4.79 Å². The number of amides is 1. The number of nitrogens with zero attached hydrogens (tertiary/aromatic N) is 1. The van der Waals surface area contributed by atoms with Crippen LogP contribution in [-0.4, -0.2) is 17.4 Å². The summed E-state index contributed by atoms with van der Waals surface area (Å²) in [6, 6.07) is 13.6. The molecule has 2 aromatic rings. The molecule has 0 unspecified atom stereocenters. The third-order valence-electron chi connectivity index (χ3n) is 3.22. The quantitative estimate of drug-likeness (QED) is 0.915. The SMILES string of the molecule is O=C(NCC1CC1)c1cccnc1Sc1ccccc1. The second-order valence-electron chi connectivity index (χ2n) is 4.92. The van der Waals surface area contributed by atoms with Gasteiger partial charge in [-0.1, -0.05) is 30.0 Å². The zero-order chi connectivity index (χ0) is 13.8. The molecule has 1 fully saturated rings. The molecule has 0 bridgehead atoms. The van der Waals surface area contributed by atoms with E-state index in [2.05, 4.69) is 10.3 Å². The van der Waals surface area contributed by atoms with Crippen molar-refractivity contribution in [2.75, 3.05) is 6.54 Å². The van der Waals surface area contributed by atoms with E-state index in [1.807, 2.05) is 36.4 Å². The van der Waals surface area contributed by atoms with Gasteiger partial charge in [0.05, 0.1) is 5.56 Å². The number of aromatic nitrogens is 1. The summed E-state index contributed by atoms with van der Waals surface area (Å²) in [4.78, 5) is 17.6. The van der Waals surface area contributed by atoms with Gasteiger partial charge in [0.15, 0.2) is 0 Å². The summed E-state index contributed by atoms with van der Waals surface area (Å²) in [5, 5.41) is 3.75. The van der Waals surface area contributed by atoms with Crippen molar-refractivity contribution in [3.05, 3.63) is 54.2 Å². The highest BCUT2D eigenvalue weighted by Gasteiger charge is 2.22. The third-order valence-corrected chi connectivity index (χ3v) is 4.25. The fraction of sp³-hybridized carbons (Fsp3) is 0.250. The molecule has 1 N–H and O–H groups in total. The normalized spacial score (nSPS) is 14.0. The Morgan fingerprint density at radius 3 is 2.75 bits per heavy atom. The Morgan fingerprint density at radius 2 is 2.00 bits per heavy atom. The van der Waals surface area contributed by atoms with Crippen LogP contribution in [0.4, 0.5) is 0 Å². The first-order chi connectivity index (χ1) is 9.83. The molecular formula is C16H16N2OS. The van der Waals surface area contributed by atoms with Gasteiger partial charge in [0.2, 0.25) is 0 Å². The molecule has 20 heavy (non-hydrogen) atoms. The molecule has 1 amide bonds. The summed E-state index contributed by atoms with van der Waals surface area (Å²) < 4.78 is 0. The molecule has 1 heterocycles. The summed E-state index contributed by atoms with van der Waals surface area (Å²) in [6.07, 6.45) is 4.20. The average Bonchev–Trinajstić information content (AvgIpc) is 3.31. The first kappa shape index (κ1) is 13.2. The van der Waals surface area contributed by atoms with Crippen LogP contribution >= 0.6 is 11.8 Å². The van der Waals surface area contributed by atoms with Crippen molar-refractivity contribution >= 4 is 17.7 Å². The highest BCUT2D eigenvalue weighted by Crippen LogP contribution is 2.29. The van der Waals surface area contributed by atoms with Crippen molar-refractivity contribution in [3.63, 3.8) is 0 Å². The van der Waals surface area contributed by atoms with Crippen molar-refractivity contribution in [1.29, 1.82) is 0 Å². The lowest BCUT2D eigenvalue weighted by atomic mass is 10.2. The van der Waals surface area contributed by atoms with Gasteiger partial charge in [-0.3, -0.25) is 4.79 Å². The van der Waals surface area contributed by atoms with Gasteiger partial charge in [0, 0.05) is 17.6 Å². The lowest BCUT2D eigenvalue weighted by molar-refractivity contribution is 0.0948. The average molecular weight is 284 g/mol. The minimum atomic E-state index is -0.0246. The maximum atomic E-state index is 12.2. The number of rotatable bonds is 5. The van der Waals surface area contributed by atoms with Crippen LogP contribution in [-0.2, 0) is 0 Å². The Hall–Kier alpha value is -1.81. The number of benzene rings is 1. The van der Waals surface area contributed by atoms with Gasteiger partial charge in [-0.25, -0.2) is 4.98 Å². The molecular weight excluding hydrogens is 268 g/mol. The smallest absolute Gasteiger partial charge is 0.254 e. The molecule has 0 spiro atoms. The summed E-state index contributed by atoms with van der Waals surface area (Å²) in [6.45, 7) is 0.781. The van der Waals surface area contributed by atoms with E-state index in [0.717, 1.165) is 16.5 Å². The Morgan fingerprint density at radius 1 is 1.20 bits per heavy atom. The third kappa shape index (κ3) is 3.39. The molecule has 3 rings (SSSR count). The summed E-state index contributed by atoms with van der Waals surface area (Å²) in [5.41, 5.74) is 0.655. The molecule has 3 nitrogen and oxygen atoms in total. The number of pyridine rings is 1. The first-order valence-electron chi connectivity index (χ1n) is 6.79. The minimum absolute atomic E-state index is 0.0246. The van der Waals surface area contributed by atoms with Gasteiger partial charge in [-0.05, 0) is 43.0 Å². The molecule has 0 atom stereocenters. The minimum Gasteiger partial charge on any atom is -0.352 e. The van der Waals surface area contributed by atoms with Crippen LogP contribution in [0.3, 0.4) is 0 Å². The lowest BCUT2D eigenvalue weighted by Crippen LogP contribution is -2.26. The highest BCUT2D eigenvalue weighted by atomic mass is 32.2. The monoisotopic (exact) mass is 284 g/mol. The maximum Gasteiger partial charge on any atom is 0.254 e. The topological polar surface area (TPSA) is 42.0 Å². The number of carbonyl (C=O) groups excluding carboxylic acids is 1. The van der Waals surface area contributed by atoms with Gasteiger partial charge in [-0.15, -0.1) is 0 Å². The maximum absolute atomic E-state index is 12.2. The predicted molar refractivity (Wildman–Crippen MR) is 79.9 cm³/mol. The van der Waals surface area contributed by atoms with Crippen LogP contribution in [0.2, 0.25) is 0 Å². The first-order valence-corrected chi connectivity index (χ1v) is 7.60. The van der Waals surface area contributed by atoms with Crippen molar-refractivity contribution in [1.82, 2.24) is 10.3 Å². The zero-order valence-electron chi connectivity index (χ0n) is 11.1. The van der Waals surface area contributed by atoms with Crippen LogP contribution in [0, 0.1) is 5.92 Å². The zero-order valence-corrected chi connectivity index (χ0v) is 11.9. The molecule has 1 aromatic carbocycles. The van der Waals surface area contributed by atoms with E-state index in [-0.39, 0.29) is 5.91 Å². The van der Waals surface area contributed by atoms with Gasteiger partial charge in [-0.2, -0.15) is 0 Å². The number of hydrogen-bond acceptors (Lipinski definition) is 3. The molecule has 102 valence electrons. The van der Waals surface area contributed by atoms with Crippen molar-refractivity contribution < 1.29 is 4.79 Å². The second-order valence-corrected chi connectivity index (χ2v) is 5.99. The van der Waals surface area contributed by atoms with E-state index in [0.29, 0.717) is 11.5 Å². The van der Waals surface area contributed by atoms with Crippen LogP contribution in [0.5, 0.6) is 0 Å². The summed E-state index contributed by atoms with van der Waals surface area (Å²) in [5.74, 6) is 0.657. The summed E-state index contributed by atoms with van der Waals surface area (Å²) in [7, 11) is 0. The van der Waals surface area contributed by atoms with Crippen molar-refractivity contribution in [3.8, 4) is 0 Å². The van der Waals surface area contributed by atoms with E-state index in [1.165, 1.54) is 24.6 Å². The largest absolute Gasteiger partial charge is 0.352 e. The molecule has 1 saturated carbocycles. The molecule has 1 aliphatic carbocycles. The van der Waals surface area contributed by atoms with Crippen molar-refractivity contribution in [2.45, 2.75) is 22.8 Å². The number of nitrogens with one attached hydrogen (secondary N) is 1. The van der Waals surface area contributed by atoms with Crippen LogP contribution in [0.25, 0.3) is 0 Å². The molecule has 1 aromatic heterocycles. The summed E-state index contributed by atoms with van der Waals surface area (Å²) >= 11 is 1.52. The van der Waals surface area contributed by atoms with E-state index < -0.39 is 0 Å². The predicted octanol–water partition coefficient (Wildman–Crippen LogP) is 3.37. The van der Waals surface area contributed by atoms with Gasteiger partial charge in [0.25, 0.3) is 5.91 Å². The molecule has 1 aliphatic rings. The Bertz CT molecular complexity index is 596. The molecule has 0 saturated heterocycles. The van der Waals surface area contributed by atoms with E-state index >= 15 is 0 Å². The fourth-order valence-corrected chi connectivity index (χ4v) is 2.80. The van der Waals surface area contributed by atoms with Gasteiger partial charge < -0.3 is 5.32 Å².